The van der Waals surface area contributed by atoms with Crippen molar-refractivity contribution in [2.45, 2.75) is 39.4 Å². The van der Waals surface area contributed by atoms with E-state index in [-0.39, 0.29) is 5.97 Å². The molecule has 0 aromatic carbocycles. The van der Waals surface area contributed by atoms with Crippen molar-refractivity contribution in [2.24, 2.45) is 0 Å². The van der Waals surface area contributed by atoms with Gasteiger partial charge >= 0.3 is 16.0 Å². The predicted molar refractivity (Wildman–Crippen MR) is 63.1 cm³/mol. The van der Waals surface area contributed by atoms with Gasteiger partial charge in [-0.1, -0.05) is 19.9 Å². The van der Waals surface area contributed by atoms with Gasteiger partial charge in [0.2, 0.25) is 0 Å². The molecule has 0 radical (unpaired) electrons. The second-order valence-corrected chi connectivity index (χ2v) is 9.68. The molecule has 0 saturated carbocycles. The van der Waals surface area contributed by atoms with E-state index in [0.717, 1.165) is 12.5 Å². The third-order valence-corrected chi connectivity index (χ3v) is 7.52. The highest BCUT2D eigenvalue weighted by Crippen LogP contribution is 2.12. The fraction of sp³-hybridized carbons (Fsp3) is 0.667. The van der Waals surface area contributed by atoms with Crippen LogP contribution in [0.5, 0.6) is 0 Å². The van der Waals surface area contributed by atoms with Crippen molar-refractivity contribution in [1.82, 2.24) is 0 Å². The van der Waals surface area contributed by atoms with Crippen LogP contribution in [-0.4, -0.2) is 24.3 Å². The average molecular weight is 232 g/mol. The molecule has 5 heteroatoms. The van der Waals surface area contributed by atoms with Crippen molar-refractivity contribution >= 4 is 24.3 Å². The molecule has 0 heterocycles. The van der Waals surface area contributed by atoms with Gasteiger partial charge in [-0.05, 0) is 26.1 Å². The lowest BCUT2D eigenvalue weighted by atomic mass is 10.4. The molecule has 0 unspecified atom stereocenters. The van der Waals surface area contributed by atoms with E-state index < -0.39 is 18.3 Å². The first-order valence-electron chi connectivity index (χ1n) is 4.85. The summed E-state index contributed by atoms with van der Waals surface area (Å²) in [7, 11) is -2.70. The first-order valence-corrected chi connectivity index (χ1v) is 9.12. The van der Waals surface area contributed by atoms with Gasteiger partial charge in [0, 0.05) is 5.57 Å². The highest BCUT2D eigenvalue weighted by Gasteiger charge is 2.21. The van der Waals surface area contributed by atoms with E-state index in [1.165, 1.54) is 0 Å². The number of carbonyl (C=O) groups excluding carboxylic acids is 1. The van der Waals surface area contributed by atoms with Crippen molar-refractivity contribution < 1.29 is 13.3 Å². The second-order valence-electron chi connectivity index (χ2n) is 3.98. The summed E-state index contributed by atoms with van der Waals surface area (Å²) in [6, 6.07) is 1.12. The maximum absolute atomic E-state index is 11.0. The van der Waals surface area contributed by atoms with Gasteiger partial charge in [0.1, 0.15) is 0 Å². The van der Waals surface area contributed by atoms with E-state index in [4.69, 9.17) is 8.54 Å². The first-order chi connectivity index (χ1) is 6.39. The standard InChI is InChI=1S/C9H20O3Si2/c1-6-7-14(4,5)12-13-11-9(10)8(2)3/h2,6-7,13H2,1,3-5H3. The molecule has 0 aliphatic rings. The highest BCUT2D eigenvalue weighted by molar-refractivity contribution is 6.74. The van der Waals surface area contributed by atoms with Crippen molar-refractivity contribution in [1.29, 1.82) is 0 Å². The van der Waals surface area contributed by atoms with Crippen LogP contribution in [-0.2, 0) is 13.3 Å². The van der Waals surface area contributed by atoms with E-state index in [1.807, 2.05) is 0 Å². The van der Waals surface area contributed by atoms with Gasteiger partial charge in [-0.15, -0.1) is 0 Å². The molecule has 82 valence electrons. The molecular formula is C9H20O3Si2. The molecule has 14 heavy (non-hydrogen) atoms. The van der Waals surface area contributed by atoms with Crippen molar-refractivity contribution in [2.75, 3.05) is 0 Å². The zero-order valence-electron chi connectivity index (χ0n) is 9.55. The van der Waals surface area contributed by atoms with Crippen LogP contribution in [0.4, 0.5) is 0 Å². The van der Waals surface area contributed by atoms with Gasteiger partial charge in [0.15, 0.2) is 8.32 Å². The van der Waals surface area contributed by atoms with E-state index >= 15 is 0 Å². The Bertz CT molecular complexity index is 214. The zero-order chi connectivity index (χ0) is 11.2. The van der Waals surface area contributed by atoms with Crippen molar-refractivity contribution in [3.8, 4) is 0 Å². The van der Waals surface area contributed by atoms with Crippen molar-refractivity contribution in [3.63, 3.8) is 0 Å². The largest absolute Gasteiger partial charge is 0.497 e. The topological polar surface area (TPSA) is 35.5 Å². The lowest BCUT2D eigenvalue weighted by molar-refractivity contribution is -0.130. The summed E-state index contributed by atoms with van der Waals surface area (Å²) in [6.07, 6.45) is 1.13. The van der Waals surface area contributed by atoms with E-state index in [1.54, 1.807) is 6.92 Å². The smallest absolute Gasteiger partial charge is 0.359 e. The van der Waals surface area contributed by atoms with Crippen LogP contribution in [0.15, 0.2) is 12.2 Å². The van der Waals surface area contributed by atoms with Crippen LogP contribution in [0.3, 0.4) is 0 Å². The van der Waals surface area contributed by atoms with E-state index in [0.29, 0.717) is 5.57 Å². The molecule has 0 N–H and O–H groups in total. The van der Waals surface area contributed by atoms with Crippen LogP contribution < -0.4 is 0 Å². The molecule has 0 atom stereocenters. The molecule has 0 amide bonds. The van der Waals surface area contributed by atoms with Gasteiger partial charge in [-0.25, -0.2) is 4.79 Å². The number of hydrogen-bond donors (Lipinski definition) is 0. The summed E-state index contributed by atoms with van der Waals surface area (Å²) in [6.45, 7) is 11.6. The van der Waals surface area contributed by atoms with Gasteiger partial charge in [0.05, 0.1) is 0 Å². The van der Waals surface area contributed by atoms with Gasteiger partial charge in [0.25, 0.3) is 0 Å². The van der Waals surface area contributed by atoms with Crippen LogP contribution in [0.25, 0.3) is 0 Å². The SMILES string of the molecule is C=C(C)C(=O)O[SiH2]O[Si](C)(C)CCC. The Kier molecular flexibility index (Phi) is 5.98. The summed E-state index contributed by atoms with van der Waals surface area (Å²) in [5, 5.41) is 0. The lowest BCUT2D eigenvalue weighted by Crippen LogP contribution is -2.33. The van der Waals surface area contributed by atoms with Crippen LogP contribution in [0.2, 0.25) is 19.1 Å². The van der Waals surface area contributed by atoms with E-state index in [9.17, 15) is 4.79 Å². The first kappa shape index (κ1) is 13.6. The van der Waals surface area contributed by atoms with Gasteiger partial charge in [-0.3, -0.25) is 0 Å². The van der Waals surface area contributed by atoms with Crippen LogP contribution >= 0.6 is 0 Å². The molecule has 0 fully saturated rings. The summed E-state index contributed by atoms with van der Waals surface area (Å²) in [5.41, 5.74) is 0.441. The van der Waals surface area contributed by atoms with Crippen molar-refractivity contribution in [3.05, 3.63) is 12.2 Å². The molecule has 0 spiro atoms. The fourth-order valence-corrected chi connectivity index (χ4v) is 4.69. The third-order valence-electron chi connectivity index (χ3n) is 1.84. The maximum atomic E-state index is 11.0. The monoisotopic (exact) mass is 232 g/mol. The quantitative estimate of drug-likeness (QED) is 0.517. The van der Waals surface area contributed by atoms with Crippen LogP contribution in [0.1, 0.15) is 20.3 Å². The minimum atomic E-state index is -1.55. The summed E-state index contributed by atoms with van der Waals surface area (Å²) >= 11 is 0. The van der Waals surface area contributed by atoms with Gasteiger partial charge in [-0.2, -0.15) is 0 Å². The average Bonchev–Trinajstić information content (AvgIpc) is 2.03. The minimum Gasteiger partial charge on any atom is -0.497 e. The maximum Gasteiger partial charge on any atom is 0.359 e. The number of carbonyl (C=O) groups is 1. The Morgan fingerprint density at radius 3 is 2.50 bits per heavy atom. The molecule has 0 aromatic heterocycles. The normalized spacial score (nSPS) is 12.0. The number of rotatable bonds is 6. The summed E-state index contributed by atoms with van der Waals surface area (Å²) < 4.78 is 10.7. The molecule has 0 aliphatic carbocycles. The lowest BCUT2D eigenvalue weighted by Gasteiger charge is -2.21. The van der Waals surface area contributed by atoms with Crippen LogP contribution in [0, 0.1) is 0 Å². The Balaban J connectivity index is 3.73. The Morgan fingerprint density at radius 1 is 1.50 bits per heavy atom. The number of hydrogen-bond acceptors (Lipinski definition) is 3. The zero-order valence-corrected chi connectivity index (χ0v) is 12.0. The summed E-state index contributed by atoms with van der Waals surface area (Å²) in [5.74, 6) is -0.321. The third kappa shape index (κ3) is 6.12. The minimum absolute atomic E-state index is 0.321. The van der Waals surface area contributed by atoms with E-state index in [2.05, 4.69) is 26.6 Å². The highest BCUT2D eigenvalue weighted by atomic mass is 28.4. The van der Waals surface area contributed by atoms with Gasteiger partial charge < -0.3 is 8.54 Å². The molecular weight excluding hydrogens is 212 g/mol. The molecule has 0 bridgehead atoms. The second kappa shape index (κ2) is 6.16. The molecule has 0 saturated heterocycles. The molecule has 0 rings (SSSR count). The molecule has 0 aliphatic heterocycles. The Morgan fingerprint density at radius 2 is 2.07 bits per heavy atom. The Labute approximate surface area is 89.7 Å². The Hall–Kier alpha value is -0.396. The fourth-order valence-electron chi connectivity index (χ4n) is 1.04. The summed E-state index contributed by atoms with van der Waals surface area (Å²) in [4.78, 5) is 11.0. The predicted octanol–water partition coefficient (Wildman–Crippen LogP) is 1.74. The molecule has 3 nitrogen and oxygen atoms in total. The molecule has 0 aromatic rings.